The van der Waals surface area contributed by atoms with E-state index in [0.29, 0.717) is 43.0 Å². The molecule has 3 aliphatic rings. The fourth-order valence-electron chi connectivity index (χ4n) is 6.21. The first-order chi connectivity index (χ1) is 13.8. The largest absolute Gasteiger partial charge is 0.494 e. The van der Waals surface area contributed by atoms with Crippen LogP contribution < -0.4 is 4.74 Å². The minimum absolute atomic E-state index is 0.0894. The lowest BCUT2D eigenvalue weighted by molar-refractivity contribution is -0.135. The predicted molar refractivity (Wildman–Crippen MR) is 106 cm³/mol. The van der Waals surface area contributed by atoms with E-state index in [1.165, 1.54) is 11.1 Å². The average Bonchev–Trinajstić information content (AvgIpc) is 2.98. The quantitative estimate of drug-likeness (QED) is 0.495. The van der Waals surface area contributed by atoms with Crippen molar-refractivity contribution < 1.29 is 22.7 Å². The number of rotatable bonds is 6. The Kier molecular flexibility index (Phi) is 5.69. The Labute approximate surface area is 171 Å². The Morgan fingerprint density at radius 3 is 2.72 bits per heavy atom. The first-order valence-corrected chi connectivity index (χ1v) is 11.1. The van der Waals surface area contributed by atoms with Gasteiger partial charge in [-0.05, 0) is 92.4 Å². The first-order valence-electron chi connectivity index (χ1n) is 11.1. The van der Waals surface area contributed by atoms with E-state index in [4.69, 9.17) is 4.74 Å². The first kappa shape index (κ1) is 20.7. The molecule has 0 amide bonds. The van der Waals surface area contributed by atoms with Gasteiger partial charge < -0.3 is 4.74 Å². The molecule has 4 rings (SSSR count). The van der Waals surface area contributed by atoms with E-state index in [0.717, 1.165) is 44.3 Å². The van der Waals surface area contributed by atoms with Crippen LogP contribution in [0.5, 0.6) is 5.75 Å². The monoisotopic (exact) mass is 408 g/mol. The maximum absolute atomic E-state index is 12.4. The number of unbranched alkanes of at least 4 members (excludes halogenated alkanes) is 2. The number of halogens is 3. The summed E-state index contributed by atoms with van der Waals surface area (Å²) in [4.78, 5) is 12.4. The Bertz CT molecular complexity index is 757. The van der Waals surface area contributed by atoms with Crippen LogP contribution >= 0.6 is 0 Å². The van der Waals surface area contributed by atoms with E-state index in [1.54, 1.807) is 0 Å². The van der Waals surface area contributed by atoms with Gasteiger partial charge in [0.15, 0.2) is 0 Å². The number of benzene rings is 1. The van der Waals surface area contributed by atoms with Crippen LogP contribution in [-0.4, -0.2) is 18.6 Å². The third-order valence-electron chi connectivity index (χ3n) is 7.78. The van der Waals surface area contributed by atoms with E-state index < -0.39 is 12.6 Å². The standard InChI is InChI=1S/C24H31F3O2/c1-23-13-11-19-18-8-6-17(29-14-4-2-3-12-24(25,26)27)15-16(18)5-7-20(19)21(23)9-10-22(23)28/h6,8,15,19-21H,2-5,7,9-14H2,1H3. The van der Waals surface area contributed by atoms with Crippen LogP contribution in [0.25, 0.3) is 0 Å². The minimum atomic E-state index is -4.06. The number of carbonyl (C=O) groups excluding carboxylic acids is 1. The van der Waals surface area contributed by atoms with Crippen LogP contribution in [0.2, 0.25) is 0 Å². The molecule has 1 aromatic carbocycles. The molecule has 5 heteroatoms. The van der Waals surface area contributed by atoms with Gasteiger partial charge in [-0.3, -0.25) is 4.79 Å². The van der Waals surface area contributed by atoms with Gasteiger partial charge in [-0.2, -0.15) is 13.2 Å². The summed E-state index contributed by atoms with van der Waals surface area (Å²) in [7, 11) is 0. The molecule has 0 heterocycles. The molecule has 1 aromatic rings. The second kappa shape index (κ2) is 7.96. The van der Waals surface area contributed by atoms with Gasteiger partial charge in [0.1, 0.15) is 11.5 Å². The van der Waals surface area contributed by atoms with E-state index in [9.17, 15) is 18.0 Å². The highest BCUT2D eigenvalue weighted by Gasteiger charge is 2.54. The number of fused-ring (bicyclic) bond motifs is 5. The smallest absolute Gasteiger partial charge is 0.389 e. The summed E-state index contributed by atoms with van der Waals surface area (Å²) in [5.74, 6) is 3.02. The average molecular weight is 409 g/mol. The van der Waals surface area contributed by atoms with Crippen LogP contribution in [0.1, 0.15) is 81.8 Å². The van der Waals surface area contributed by atoms with Crippen molar-refractivity contribution in [1.82, 2.24) is 0 Å². The zero-order valence-corrected chi connectivity index (χ0v) is 17.2. The lowest BCUT2D eigenvalue weighted by Crippen LogP contribution is -2.42. The molecule has 0 saturated heterocycles. The third-order valence-corrected chi connectivity index (χ3v) is 7.78. The molecule has 29 heavy (non-hydrogen) atoms. The van der Waals surface area contributed by atoms with Crippen LogP contribution in [0.15, 0.2) is 18.2 Å². The number of hydrogen-bond acceptors (Lipinski definition) is 2. The molecular formula is C24H31F3O2. The number of Topliss-reactive ketones (excluding diaryl/α,β-unsaturated/α-hetero) is 1. The second-order valence-corrected chi connectivity index (χ2v) is 9.47. The maximum Gasteiger partial charge on any atom is 0.389 e. The number of aryl methyl sites for hydroxylation is 1. The van der Waals surface area contributed by atoms with Crippen LogP contribution in [0.3, 0.4) is 0 Å². The van der Waals surface area contributed by atoms with E-state index in [1.807, 2.05) is 6.07 Å². The Morgan fingerprint density at radius 1 is 1.10 bits per heavy atom. The van der Waals surface area contributed by atoms with Crippen LogP contribution in [0, 0.1) is 17.3 Å². The highest BCUT2D eigenvalue weighted by atomic mass is 19.4. The van der Waals surface area contributed by atoms with Crippen LogP contribution in [-0.2, 0) is 11.2 Å². The van der Waals surface area contributed by atoms with Gasteiger partial charge in [0, 0.05) is 18.3 Å². The van der Waals surface area contributed by atoms with Crippen molar-refractivity contribution in [3.63, 3.8) is 0 Å². The lowest BCUT2D eigenvalue weighted by atomic mass is 9.55. The van der Waals surface area contributed by atoms with Crippen molar-refractivity contribution in [3.05, 3.63) is 29.3 Å². The third kappa shape index (κ3) is 4.20. The fourth-order valence-corrected chi connectivity index (χ4v) is 6.21. The topological polar surface area (TPSA) is 26.3 Å². The van der Waals surface area contributed by atoms with Gasteiger partial charge in [-0.15, -0.1) is 0 Å². The van der Waals surface area contributed by atoms with Gasteiger partial charge >= 0.3 is 6.18 Å². The molecule has 0 N–H and O–H groups in total. The zero-order chi connectivity index (χ0) is 20.6. The molecule has 2 nitrogen and oxygen atoms in total. The molecule has 3 aliphatic carbocycles. The van der Waals surface area contributed by atoms with Gasteiger partial charge in [0.2, 0.25) is 0 Å². The lowest BCUT2D eigenvalue weighted by Gasteiger charge is -2.48. The highest BCUT2D eigenvalue weighted by molar-refractivity contribution is 5.87. The molecule has 0 radical (unpaired) electrons. The van der Waals surface area contributed by atoms with Crippen molar-refractivity contribution in [3.8, 4) is 5.75 Å². The summed E-state index contributed by atoms with van der Waals surface area (Å²) in [6.45, 7) is 2.66. The number of hydrogen-bond donors (Lipinski definition) is 0. The highest BCUT2D eigenvalue weighted by Crippen LogP contribution is 2.59. The Hall–Kier alpha value is -1.52. The second-order valence-electron chi connectivity index (χ2n) is 9.47. The number of ketones is 1. The van der Waals surface area contributed by atoms with Gasteiger partial charge in [-0.25, -0.2) is 0 Å². The Balaban J connectivity index is 1.34. The van der Waals surface area contributed by atoms with Crippen molar-refractivity contribution in [2.24, 2.45) is 17.3 Å². The van der Waals surface area contributed by atoms with Crippen molar-refractivity contribution >= 4 is 5.78 Å². The SMILES string of the molecule is CC12CCC3c4ccc(OCCCCCC(F)(F)F)cc4CCC3C1CCC2=O. The molecule has 4 atom stereocenters. The molecule has 2 saturated carbocycles. The summed E-state index contributed by atoms with van der Waals surface area (Å²) in [5, 5.41) is 0. The number of alkyl halides is 3. The summed E-state index contributed by atoms with van der Waals surface area (Å²) in [6.07, 6.45) is 2.67. The molecule has 160 valence electrons. The van der Waals surface area contributed by atoms with Gasteiger partial charge in [0.25, 0.3) is 0 Å². The molecule has 0 aromatic heterocycles. The molecular weight excluding hydrogens is 377 g/mol. The van der Waals surface area contributed by atoms with Gasteiger partial charge in [0.05, 0.1) is 6.61 Å². The van der Waals surface area contributed by atoms with Crippen molar-refractivity contribution in [1.29, 1.82) is 0 Å². The molecule has 0 bridgehead atoms. The molecule has 0 aliphatic heterocycles. The van der Waals surface area contributed by atoms with E-state index >= 15 is 0 Å². The summed E-state index contributed by atoms with van der Waals surface area (Å²) in [5.41, 5.74) is 2.70. The minimum Gasteiger partial charge on any atom is -0.494 e. The van der Waals surface area contributed by atoms with Crippen LogP contribution in [0.4, 0.5) is 13.2 Å². The fraction of sp³-hybridized carbons (Fsp3) is 0.708. The maximum atomic E-state index is 12.4. The van der Waals surface area contributed by atoms with E-state index in [2.05, 4.69) is 19.1 Å². The zero-order valence-electron chi connectivity index (χ0n) is 17.2. The van der Waals surface area contributed by atoms with Crippen molar-refractivity contribution in [2.75, 3.05) is 6.61 Å². The number of carbonyl (C=O) groups is 1. The van der Waals surface area contributed by atoms with E-state index in [-0.39, 0.29) is 11.8 Å². The van der Waals surface area contributed by atoms with Gasteiger partial charge in [-0.1, -0.05) is 13.0 Å². The summed E-state index contributed by atoms with van der Waals surface area (Å²) >= 11 is 0. The number of ether oxygens (including phenoxy) is 1. The molecule has 4 unspecified atom stereocenters. The van der Waals surface area contributed by atoms with Crippen molar-refractivity contribution in [2.45, 2.75) is 83.2 Å². The molecule has 0 spiro atoms. The molecule has 2 fully saturated rings. The summed E-state index contributed by atoms with van der Waals surface area (Å²) in [6, 6.07) is 6.35. The Morgan fingerprint density at radius 2 is 1.93 bits per heavy atom. The normalized spacial score (nSPS) is 31.2. The predicted octanol–water partition coefficient (Wildman–Crippen LogP) is 6.61. The summed E-state index contributed by atoms with van der Waals surface area (Å²) < 4.78 is 42.3.